The number of fused-ring (bicyclic) bond motifs is 1. The maximum atomic E-state index is 11.7. The number of Topliss-reactive ketones (excluding diaryl/α,β-unsaturated/α-hetero) is 1. The molecule has 1 aliphatic rings. The molecule has 2 aromatic rings. The van der Waals surface area contributed by atoms with Gasteiger partial charge < -0.3 is 29.0 Å². The third-order valence-corrected chi connectivity index (χ3v) is 4.38. The standard InChI is InChI=1S/C13H18O9.C5H3ClN4/c1-6(14)13(18)12(22-9(4)17)11(21-8(3)16)10(5-19-13)20-7(2)15;6-4-3-5(9-1-7-3)10-2-8-4/h10-12,18H,5H2,1-4H3;1-2H,(H,7,8,9,10)/t10-,11-,12+,13?;/m1./s1. The number of hydrogen-bond acceptors (Lipinski definition) is 12. The first kappa shape index (κ1) is 25.1. The second kappa shape index (κ2) is 10.4. The fraction of sp³-hybridized carbons (Fsp3) is 0.500. The van der Waals surface area contributed by atoms with Crippen LogP contribution in [-0.4, -0.2) is 79.4 Å². The van der Waals surface area contributed by atoms with Gasteiger partial charge in [-0.25, -0.2) is 15.0 Å². The van der Waals surface area contributed by atoms with Crippen molar-refractivity contribution in [3.63, 3.8) is 0 Å². The highest BCUT2D eigenvalue weighted by Gasteiger charge is 2.58. The van der Waals surface area contributed by atoms with Crippen molar-refractivity contribution in [1.29, 1.82) is 0 Å². The summed E-state index contributed by atoms with van der Waals surface area (Å²) in [5.41, 5.74) is 1.28. The lowest BCUT2D eigenvalue weighted by Crippen LogP contribution is -2.66. The predicted octanol–water partition coefficient (Wildman–Crippen LogP) is 0.0956. The van der Waals surface area contributed by atoms with Gasteiger partial charge in [0.25, 0.3) is 5.79 Å². The summed E-state index contributed by atoms with van der Waals surface area (Å²) in [7, 11) is 0. The first-order valence-electron chi connectivity index (χ1n) is 9.14. The molecule has 1 fully saturated rings. The van der Waals surface area contributed by atoms with Gasteiger partial charge in [0, 0.05) is 27.7 Å². The number of aliphatic hydroxyl groups is 1. The van der Waals surface area contributed by atoms with Crippen LogP contribution in [0.2, 0.25) is 5.15 Å². The number of rotatable bonds is 4. The van der Waals surface area contributed by atoms with Gasteiger partial charge in [-0.05, 0) is 0 Å². The Kier molecular flexibility index (Phi) is 8.19. The lowest BCUT2D eigenvalue weighted by molar-refractivity contribution is -0.308. The summed E-state index contributed by atoms with van der Waals surface area (Å²) in [5.74, 6) is -5.65. The lowest BCUT2D eigenvalue weighted by atomic mass is 9.93. The average molecular weight is 473 g/mol. The molecule has 1 unspecified atom stereocenters. The second-order valence-corrected chi connectivity index (χ2v) is 6.94. The number of H-pyrrole nitrogens is 1. The number of aromatic amines is 1. The number of halogens is 1. The van der Waals surface area contributed by atoms with Gasteiger partial charge in [-0.15, -0.1) is 0 Å². The van der Waals surface area contributed by atoms with Crippen LogP contribution in [0.3, 0.4) is 0 Å². The molecule has 0 aliphatic carbocycles. The van der Waals surface area contributed by atoms with Crippen molar-refractivity contribution in [1.82, 2.24) is 19.9 Å². The van der Waals surface area contributed by atoms with Crippen molar-refractivity contribution >= 4 is 46.5 Å². The van der Waals surface area contributed by atoms with Gasteiger partial charge in [0.1, 0.15) is 11.8 Å². The van der Waals surface area contributed by atoms with Gasteiger partial charge in [0.2, 0.25) is 6.10 Å². The number of ether oxygens (including phenoxy) is 4. The Hall–Kier alpha value is -3.16. The zero-order chi connectivity index (χ0) is 24.1. The summed E-state index contributed by atoms with van der Waals surface area (Å²) in [5, 5.41) is 10.7. The van der Waals surface area contributed by atoms with Crippen LogP contribution in [0.1, 0.15) is 27.7 Å². The summed E-state index contributed by atoms with van der Waals surface area (Å²) >= 11 is 5.66. The third-order valence-electron chi connectivity index (χ3n) is 4.11. The fourth-order valence-corrected chi connectivity index (χ4v) is 2.99. The maximum absolute atomic E-state index is 11.7. The van der Waals surface area contributed by atoms with E-state index in [2.05, 4.69) is 19.9 Å². The van der Waals surface area contributed by atoms with E-state index in [1.807, 2.05) is 0 Å². The first-order chi connectivity index (χ1) is 15.0. The van der Waals surface area contributed by atoms with Crippen LogP contribution in [0.25, 0.3) is 11.2 Å². The van der Waals surface area contributed by atoms with Crippen molar-refractivity contribution in [2.24, 2.45) is 0 Å². The van der Waals surface area contributed by atoms with Gasteiger partial charge in [-0.3, -0.25) is 19.2 Å². The van der Waals surface area contributed by atoms with Gasteiger partial charge in [-0.1, -0.05) is 11.6 Å². The summed E-state index contributed by atoms with van der Waals surface area (Å²) in [4.78, 5) is 59.6. The monoisotopic (exact) mass is 472 g/mol. The SMILES string of the molecule is CC(=O)O[C@@H]1[C@H](OC(C)=O)COC(O)(C(C)=O)[C@H]1OC(C)=O.Clc1ncnc2[nH]cnc12. The highest BCUT2D eigenvalue weighted by atomic mass is 35.5. The number of carbonyl (C=O) groups is 4. The molecular weight excluding hydrogens is 452 g/mol. The molecule has 32 heavy (non-hydrogen) atoms. The average Bonchev–Trinajstić information content (AvgIpc) is 3.17. The largest absolute Gasteiger partial charge is 0.456 e. The smallest absolute Gasteiger partial charge is 0.303 e. The Morgan fingerprint density at radius 1 is 1.06 bits per heavy atom. The summed E-state index contributed by atoms with van der Waals surface area (Å²) in [6.45, 7) is 3.86. The van der Waals surface area contributed by atoms with Crippen molar-refractivity contribution in [3.05, 3.63) is 17.8 Å². The molecule has 0 aromatic carbocycles. The van der Waals surface area contributed by atoms with E-state index in [0.29, 0.717) is 16.3 Å². The summed E-state index contributed by atoms with van der Waals surface area (Å²) < 4.78 is 19.8. The minimum Gasteiger partial charge on any atom is -0.456 e. The molecule has 13 nitrogen and oxygen atoms in total. The number of nitrogens with zero attached hydrogens (tertiary/aromatic N) is 3. The van der Waals surface area contributed by atoms with E-state index in [1.54, 1.807) is 0 Å². The Morgan fingerprint density at radius 2 is 1.69 bits per heavy atom. The van der Waals surface area contributed by atoms with Crippen LogP contribution in [0.5, 0.6) is 0 Å². The Labute approximate surface area is 186 Å². The molecule has 0 spiro atoms. The molecule has 0 amide bonds. The Bertz CT molecular complexity index is 1010. The molecule has 0 radical (unpaired) electrons. The first-order valence-corrected chi connectivity index (χ1v) is 9.52. The maximum Gasteiger partial charge on any atom is 0.303 e. The van der Waals surface area contributed by atoms with Crippen molar-refractivity contribution in [3.8, 4) is 0 Å². The molecule has 0 saturated carbocycles. The molecule has 174 valence electrons. The van der Waals surface area contributed by atoms with E-state index >= 15 is 0 Å². The number of aromatic nitrogens is 4. The van der Waals surface area contributed by atoms with Crippen LogP contribution < -0.4 is 0 Å². The zero-order valence-corrected chi connectivity index (χ0v) is 18.3. The van der Waals surface area contributed by atoms with Crippen molar-refractivity contribution < 1.29 is 43.2 Å². The van der Waals surface area contributed by atoms with E-state index in [4.69, 9.17) is 30.5 Å². The number of hydrogen-bond donors (Lipinski definition) is 2. The van der Waals surface area contributed by atoms with Gasteiger partial charge in [0.15, 0.2) is 28.8 Å². The molecule has 1 aliphatic heterocycles. The molecule has 2 N–H and O–H groups in total. The van der Waals surface area contributed by atoms with Crippen LogP contribution >= 0.6 is 11.6 Å². The van der Waals surface area contributed by atoms with Gasteiger partial charge in [0.05, 0.1) is 12.9 Å². The van der Waals surface area contributed by atoms with Crippen LogP contribution in [0, 0.1) is 0 Å². The van der Waals surface area contributed by atoms with Crippen LogP contribution in [-0.2, 0) is 38.1 Å². The molecule has 0 bridgehead atoms. The van der Waals surface area contributed by atoms with E-state index < -0.39 is 54.4 Å². The van der Waals surface area contributed by atoms with E-state index in [9.17, 15) is 24.3 Å². The molecule has 3 rings (SSSR count). The Balaban J connectivity index is 0.000000297. The summed E-state index contributed by atoms with van der Waals surface area (Å²) in [6.07, 6.45) is -1.25. The normalized spacial score (nSPS) is 24.6. The number of carbonyl (C=O) groups excluding carboxylic acids is 4. The second-order valence-electron chi connectivity index (χ2n) is 6.58. The fourth-order valence-electron chi connectivity index (χ4n) is 2.81. The number of esters is 3. The lowest BCUT2D eigenvalue weighted by Gasteiger charge is -2.43. The quantitative estimate of drug-likeness (QED) is 0.348. The molecule has 3 heterocycles. The molecule has 2 aromatic heterocycles. The third kappa shape index (κ3) is 5.96. The number of imidazole rings is 1. The van der Waals surface area contributed by atoms with E-state index in [0.717, 1.165) is 27.7 Å². The van der Waals surface area contributed by atoms with E-state index in [-0.39, 0.29) is 0 Å². The zero-order valence-electron chi connectivity index (χ0n) is 17.5. The number of nitrogens with one attached hydrogen (secondary N) is 1. The van der Waals surface area contributed by atoms with Gasteiger partial charge >= 0.3 is 17.9 Å². The highest BCUT2D eigenvalue weighted by molar-refractivity contribution is 6.33. The molecular formula is C18H21ClN4O9. The van der Waals surface area contributed by atoms with Crippen molar-refractivity contribution in [2.75, 3.05) is 6.61 Å². The highest BCUT2D eigenvalue weighted by Crippen LogP contribution is 2.31. The number of ketones is 1. The van der Waals surface area contributed by atoms with Gasteiger partial charge in [-0.2, -0.15) is 0 Å². The van der Waals surface area contributed by atoms with E-state index in [1.165, 1.54) is 12.7 Å². The molecule has 4 atom stereocenters. The Morgan fingerprint density at radius 3 is 2.22 bits per heavy atom. The van der Waals surface area contributed by atoms with Crippen LogP contribution in [0.4, 0.5) is 0 Å². The molecule has 14 heteroatoms. The minimum absolute atomic E-state index is 0.381. The van der Waals surface area contributed by atoms with Crippen molar-refractivity contribution in [2.45, 2.75) is 51.8 Å². The minimum atomic E-state index is -2.50. The molecule has 1 saturated heterocycles. The predicted molar refractivity (Wildman–Crippen MR) is 105 cm³/mol. The topological polar surface area (TPSA) is 180 Å². The van der Waals surface area contributed by atoms with Crippen LogP contribution in [0.15, 0.2) is 12.7 Å². The summed E-state index contributed by atoms with van der Waals surface area (Å²) in [6, 6.07) is 0.